The number of nitrogens with one attached hydrogen (secondary N) is 1. The monoisotopic (exact) mass is 278 g/mol. The van der Waals surface area contributed by atoms with Gasteiger partial charge in [0.05, 0.1) is 6.33 Å². The zero-order valence-electron chi connectivity index (χ0n) is 12.0. The number of hydrogen-bond donors (Lipinski definition) is 1. The topological polar surface area (TPSA) is 42.7 Å². The summed E-state index contributed by atoms with van der Waals surface area (Å²) in [7, 11) is 0. The molecule has 0 fully saturated rings. The maximum Gasteiger partial charge on any atom is 0.0949 e. The number of rotatable bonds is 5. The molecule has 1 N–H and O–H groups in total. The Bertz CT molecular complexity index is 687. The fourth-order valence-corrected chi connectivity index (χ4v) is 2.18. The number of hydrogen-bond acceptors (Lipinski definition) is 3. The first-order valence-electron chi connectivity index (χ1n) is 7.00. The van der Waals surface area contributed by atoms with Crippen molar-refractivity contribution in [1.29, 1.82) is 0 Å². The highest BCUT2D eigenvalue weighted by molar-refractivity contribution is 5.46. The van der Waals surface area contributed by atoms with Crippen molar-refractivity contribution in [2.24, 2.45) is 0 Å². The van der Waals surface area contributed by atoms with Crippen molar-refractivity contribution in [3.8, 4) is 0 Å². The molecule has 0 bridgehead atoms. The molecule has 0 saturated carbocycles. The molecule has 21 heavy (non-hydrogen) atoms. The molecule has 0 atom stereocenters. The van der Waals surface area contributed by atoms with Crippen LogP contribution in [0.1, 0.15) is 16.8 Å². The van der Waals surface area contributed by atoms with E-state index in [4.69, 9.17) is 0 Å². The minimum absolute atomic E-state index is 0.780. The summed E-state index contributed by atoms with van der Waals surface area (Å²) in [6, 6.07) is 12.6. The van der Waals surface area contributed by atoms with Crippen LogP contribution in [0.3, 0.4) is 0 Å². The fourth-order valence-electron chi connectivity index (χ4n) is 2.18. The second-order valence-electron chi connectivity index (χ2n) is 5.10. The molecule has 1 aromatic carbocycles. The van der Waals surface area contributed by atoms with Gasteiger partial charge in [-0.25, -0.2) is 4.98 Å². The molecule has 4 nitrogen and oxygen atoms in total. The van der Waals surface area contributed by atoms with E-state index in [0.717, 1.165) is 24.5 Å². The summed E-state index contributed by atoms with van der Waals surface area (Å²) in [6.45, 7) is 3.61. The highest BCUT2D eigenvalue weighted by atomic mass is 15.0. The summed E-state index contributed by atoms with van der Waals surface area (Å²) < 4.78 is 2.06. The van der Waals surface area contributed by atoms with E-state index in [2.05, 4.69) is 50.2 Å². The van der Waals surface area contributed by atoms with Crippen molar-refractivity contribution in [3.05, 3.63) is 78.1 Å². The van der Waals surface area contributed by atoms with Gasteiger partial charge in [0, 0.05) is 43.1 Å². The van der Waals surface area contributed by atoms with E-state index in [1.807, 2.05) is 31.7 Å². The zero-order valence-corrected chi connectivity index (χ0v) is 12.0. The van der Waals surface area contributed by atoms with Crippen LogP contribution in [0.4, 0.5) is 5.69 Å². The van der Waals surface area contributed by atoms with Crippen LogP contribution in [0.2, 0.25) is 0 Å². The molecular weight excluding hydrogens is 260 g/mol. The predicted molar refractivity (Wildman–Crippen MR) is 84.1 cm³/mol. The van der Waals surface area contributed by atoms with Gasteiger partial charge in [-0.1, -0.05) is 18.2 Å². The van der Waals surface area contributed by atoms with Gasteiger partial charge in [-0.2, -0.15) is 0 Å². The molecular formula is C17H18N4. The third kappa shape index (κ3) is 3.69. The third-order valence-corrected chi connectivity index (χ3v) is 3.32. The number of anilines is 1. The molecule has 106 valence electrons. The van der Waals surface area contributed by atoms with E-state index in [1.165, 1.54) is 11.1 Å². The van der Waals surface area contributed by atoms with Crippen LogP contribution in [0.5, 0.6) is 0 Å². The first-order valence-corrected chi connectivity index (χ1v) is 7.00. The number of pyridine rings is 1. The van der Waals surface area contributed by atoms with Crippen molar-refractivity contribution >= 4 is 5.69 Å². The number of aromatic nitrogens is 3. The maximum absolute atomic E-state index is 4.31. The lowest BCUT2D eigenvalue weighted by Crippen LogP contribution is -2.02. The first-order chi connectivity index (χ1) is 10.3. The molecule has 3 aromatic rings. The van der Waals surface area contributed by atoms with Gasteiger partial charge in [-0.15, -0.1) is 0 Å². The summed E-state index contributed by atoms with van der Waals surface area (Å²) >= 11 is 0. The molecule has 0 spiro atoms. The van der Waals surface area contributed by atoms with Gasteiger partial charge in [0.25, 0.3) is 0 Å². The van der Waals surface area contributed by atoms with E-state index < -0.39 is 0 Å². The standard InChI is InChI=1S/C17H18N4/c1-14-5-6-16(10-19-14)11-20-17-4-2-3-15(9-17)12-21-8-7-18-13-21/h2-10,13,20H,11-12H2,1H3. The first kappa shape index (κ1) is 13.4. The van der Waals surface area contributed by atoms with Crippen molar-refractivity contribution in [3.63, 3.8) is 0 Å². The SMILES string of the molecule is Cc1ccc(CNc2cccc(Cn3ccnc3)c2)cn1. The Labute approximate surface area is 124 Å². The van der Waals surface area contributed by atoms with Crippen molar-refractivity contribution in [2.75, 3.05) is 5.32 Å². The molecule has 0 aliphatic heterocycles. The molecule has 4 heteroatoms. The Kier molecular flexibility index (Phi) is 3.96. The minimum atomic E-state index is 0.780. The Hall–Kier alpha value is -2.62. The van der Waals surface area contributed by atoms with Gasteiger partial charge >= 0.3 is 0 Å². The smallest absolute Gasteiger partial charge is 0.0949 e. The Morgan fingerprint density at radius 1 is 1.14 bits per heavy atom. The quantitative estimate of drug-likeness (QED) is 0.779. The average Bonchev–Trinajstić information content (AvgIpc) is 3.00. The van der Waals surface area contributed by atoms with Gasteiger partial charge in [0.1, 0.15) is 0 Å². The molecule has 0 unspecified atom stereocenters. The molecule has 0 aliphatic carbocycles. The van der Waals surface area contributed by atoms with Crippen molar-refractivity contribution < 1.29 is 0 Å². The Balaban J connectivity index is 1.64. The number of benzene rings is 1. The zero-order chi connectivity index (χ0) is 14.5. The lowest BCUT2D eigenvalue weighted by Gasteiger charge is -2.09. The highest BCUT2D eigenvalue weighted by Gasteiger charge is 1.98. The van der Waals surface area contributed by atoms with Gasteiger partial charge in [0.2, 0.25) is 0 Å². The molecule has 0 saturated heterocycles. The lowest BCUT2D eigenvalue weighted by atomic mass is 10.2. The average molecular weight is 278 g/mol. The van der Waals surface area contributed by atoms with Crippen molar-refractivity contribution in [2.45, 2.75) is 20.0 Å². The minimum Gasteiger partial charge on any atom is -0.381 e. The largest absolute Gasteiger partial charge is 0.381 e. The van der Waals surface area contributed by atoms with Crippen LogP contribution >= 0.6 is 0 Å². The second-order valence-corrected chi connectivity index (χ2v) is 5.10. The second kappa shape index (κ2) is 6.22. The lowest BCUT2D eigenvalue weighted by molar-refractivity contribution is 0.797. The van der Waals surface area contributed by atoms with E-state index in [-0.39, 0.29) is 0 Å². The van der Waals surface area contributed by atoms with Gasteiger partial charge in [-0.3, -0.25) is 4.98 Å². The Morgan fingerprint density at radius 2 is 2.10 bits per heavy atom. The van der Waals surface area contributed by atoms with Crippen LogP contribution < -0.4 is 5.32 Å². The molecule has 3 rings (SSSR count). The van der Waals surface area contributed by atoms with Crippen LogP contribution in [-0.4, -0.2) is 14.5 Å². The normalized spacial score (nSPS) is 10.5. The predicted octanol–water partition coefficient (Wildman–Crippen LogP) is 3.25. The summed E-state index contributed by atoms with van der Waals surface area (Å²) in [4.78, 5) is 8.37. The summed E-state index contributed by atoms with van der Waals surface area (Å²) in [6.07, 6.45) is 7.51. The number of aryl methyl sites for hydroxylation is 1. The molecule has 0 radical (unpaired) electrons. The van der Waals surface area contributed by atoms with E-state index >= 15 is 0 Å². The van der Waals surface area contributed by atoms with Crippen LogP contribution in [0, 0.1) is 6.92 Å². The number of imidazole rings is 1. The summed E-state index contributed by atoms with van der Waals surface area (Å²) in [5.74, 6) is 0. The molecule has 2 aromatic heterocycles. The fraction of sp³-hybridized carbons (Fsp3) is 0.176. The summed E-state index contributed by atoms with van der Waals surface area (Å²) in [5.41, 5.74) is 4.59. The summed E-state index contributed by atoms with van der Waals surface area (Å²) in [5, 5.41) is 3.44. The van der Waals surface area contributed by atoms with Crippen LogP contribution in [0.25, 0.3) is 0 Å². The third-order valence-electron chi connectivity index (χ3n) is 3.32. The van der Waals surface area contributed by atoms with Gasteiger partial charge in [0.15, 0.2) is 0 Å². The highest BCUT2D eigenvalue weighted by Crippen LogP contribution is 2.13. The van der Waals surface area contributed by atoms with E-state index in [1.54, 1.807) is 6.20 Å². The van der Waals surface area contributed by atoms with E-state index in [0.29, 0.717) is 0 Å². The molecule has 2 heterocycles. The van der Waals surface area contributed by atoms with Gasteiger partial charge in [-0.05, 0) is 36.2 Å². The van der Waals surface area contributed by atoms with Crippen LogP contribution in [0.15, 0.2) is 61.3 Å². The van der Waals surface area contributed by atoms with E-state index in [9.17, 15) is 0 Å². The van der Waals surface area contributed by atoms with Crippen molar-refractivity contribution in [1.82, 2.24) is 14.5 Å². The Morgan fingerprint density at radius 3 is 2.86 bits per heavy atom. The molecule has 0 aliphatic rings. The van der Waals surface area contributed by atoms with Crippen LogP contribution in [-0.2, 0) is 13.1 Å². The molecule has 0 amide bonds. The van der Waals surface area contributed by atoms with Gasteiger partial charge < -0.3 is 9.88 Å². The maximum atomic E-state index is 4.31. The number of nitrogens with zero attached hydrogens (tertiary/aromatic N) is 3.